The van der Waals surface area contributed by atoms with Crippen LogP contribution in [-0.4, -0.2) is 28.1 Å². The first-order valence-electron chi connectivity index (χ1n) is 5.91. The van der Waals surface area contributed by atoms with E-state index in [4.69, 9.17) is 12.2 Å². The fourth-order valence-electron chi connectivity index (χ4n) is 1.44. The largest absolute Gasteiger partial charge is 0.358 e. The van der Waals surface area contributed by atoms with Gasteiger partial charge < -0.3 is 4.90 Å². The van der Waals surface area contributed by atoms with Crippen molar-refractivity contribution >= 4 is 34.4 Å². The zero-order chi connectivity index (χ0) is 12.5. The quantitative estimate of drug-likeness (QED) is 0.739. The predicted molar refractivity (Wildman–Crippen MR) is 83.5 cm³/mol. The molecular formula is C14H19NS2. The SMILES string of the molecule is CCN(CC)C(=S)SCC=Cc1ccccc1. The Morgan fingerprint density at radius 2 is 1.88 bits per heavy atom. The van der Waals surface area contributed by atoms with Gasteiger partial charge >= 0.3 is 0 Å². The molecule has 0 bridgehead atoms. The summed E-state index contributed by atoms with van der Waals surface area (Å²) in [6.07, 6.45) is 4.30. The molecule has 0 radical (unpaired) electrons. The molecule has 0 saturated heterocycles. The normalized spacial score (nSPS) is 10.7. The molecule has 0 spiro atoms. The van der Waals surface area contributed by atoms with Gasteiger partial charge in [0.25, 0.3) is 0 Å². The molecule has 0 saturated carbocycles. The van der Waals surface area contributed by atoms with Gasteiger partial charge in [-0.05, 0) is 19.4 Å². The molecule has 0 aliphatic carbocycles. The number of rotatable bonds is 5. The van der Waals surface area contributed by atoms with E-state index in [9.17, 15) is 0 Å². The lowest BCUT2D eigenvalue weighted by Gasteiger charge is -2.20. The summed E-state index contributed by atoms with van der Waals surface area (Å²) in [5.74, 6) is 0.935. The smallest absolute Gasteiger partial charge is 0.136 e. The second-order valence-electron chi connectivity index (χ2n) is 3.56. The topological polar surface area (TPSA) is 3.24 Å². The standard InChI is InChI=1S/C14H19NS2/c1-3-15(4-2)14(16)17-12-8-11-13-9-6-5-7-10-13/h5-11H,3-4,12H2,1-2H3. The molecule has 0 aliphatic rings. The summed E-state index contributed by atoms with van der Waals surface area (Å²) in [5, 5.41) is 0. The molecule has 0 aliphatic heterocycles. The maximum Gasteiger partial charge on any atom is 0.136 e. The van der Waals surface area contributed by atoms with Gasteiger partial charge in [-0.25, -0.2) is 0 Å². The molecule has 0 N–H and O–H groups in total. The summed E-state index contributed by atoms with van der Waals surface area (Å²) in [7, 11) is 0. The highest BCUT2D eigenvalue weighted by Gasteiger charge is 2.03. The van der Waals surface area contributed by atoms with E-state index in [1.54, 1.807) is 11.8 Å². The molecular weight excluding hydrogens is 246 g/mol. The second-order valence-corrected chi connectivity index (χ2v) is 5.22. The molecule has 0 unspecified atom stereocenters. The third kappa shape index (κ3) is 5.37. The highest BCUT2D eigenvalue weighted by molar-refractivity contribution is 8.23. The maximum atomic E-state index is 5.36. The molecule has 0 fully saturated rings. The Morgan fingerprint density at radius 3 is 2.47 bits per heavy atom. The lowest BCUT2D eigenvalue weighted by atomic mass is 10.2. The van der Waals surface area contributed by atoms with Gasteiger partial charge in [0, 0.05) is 18.8 Å². The first-order chi connectivity index (χ1) is 8.27. The zero-order valence-corrected chi connectivity index (χ0v) is 12.1. The van der Waals surface area contributed by atoms with Crippen LogP contribution in [0.3, 0.4) is 0 Å². The van der Waals surface area contributed by atoms with Crippen LogP contribution < -0.4 is 0 Å². The number of thioether (sulfide) groups is 1. The number of nitrogens with zero attached hydrogens (tertiary/aromatic N) is 1. The van der Waals surface area contributed by atoms with Crippen LogP contribution in [0.5, 0.6) is 0 Å². The van der Waals surface area contributed by atoms with Gasteiger partial charge in [0.05, 0.1) is 0 Å². The van der Waals surface area contributed by atoms with Crippen LogP contribution in [0.1, 0.15) is 19.4 Å². The van der Waals surface area contributed by atoms with Gasteiger partial charge in [0.15, 0.2) is 0 Å². The van der Waals surface area contributed by atoms with Crippen LogP contribution in [0.25, 0.3) is 6.08 Å². The molecule has 0 aromatic heterocycles. The van der Waals surface area contributed by atoms with Gasteiger partial charge in [-0.1, -0.05) is 66.5 Å². The van der Waals surface area contributed by atoms with Crippen LogP contribution in [0, 0.1) is 0 Å². The van der Waals surface area contributed by atoms with Crippen molar-refractivity contribution in [3.05, 3.63) is 42.0 Å². The van der Waals surface area contributed by atoms with Crippen LogP contribution in [0.2, 0.25) is 0 Å². The summed E-state index contributed by atoms with van der Waals surface area (Å²) in [6.45, 7) is 6.25. The van der Waals surface area contributed by atoms with Crippen molar-refractivity contribution in [2.24, 2.45) is 0 Å². The minimum atomic E-state index is 0.935. The van der Waals surface area contributed by atoms with E-state index >= 15 is 0 Å². The predicted octanol–water partition coefficient (Wildman–Crippen LogP) is 4.06. The molecule has 0 heterocycles. The van der Waals surface area contributed by atoms with Gasteiger partial charge in [-0.15, -0.1) is 0 Å². The first kappa shape index (κ1) is 14.3. The summed E-state index contributed by atoms with van der Waals surface area (Å²) >= 11 is 7.08. The first-order valence-corrected chi connectivity index (χ1v) is 7.30. The molecule has 1 aromatic rings. The molecule has 1 nitrogen and oxygen atoms in total. The molecule has 3 heteroatoms. The Balaban J connectivity index is 2.33. The number of hydrogen-bond donors (Lipinski definition) is 0. The van der Waals surface area contributed by atoms with Gasteiger partial charge in [0.2, 0.25) is 0 Å². The van der Waals surface area contributed by atoms with E-state index in [0.29, 0.717) is 0 Å². The minimum absolute atomic E-state index is 0.935. The van der Waals surface area contributed by atoms with Crippen LogP contribution >= 0.6 is 24.0 Å². The lowest BCUT2D eigenvalue weighted by Crippen LogP contribution is -2.26. The summed E-state index contributed by atoms with van der Waals surface area (Å²) in [4.78, 5) is 2.20. The van der Waals surface area contributed by atoms with Crippen molar-refractivity contribution in [3.8, 4) is 0 Å². The second kappa shape index (κ2) is 8.31. The monoisotopic (exact) mass is 265 g/mol. The van der Waals surface area contributed by atoms with E-state index in [1.807, 2.05) is 18.2 Å². The van der Waals surface area contributed by atoms with E-state index in [2.05, 4.69) is 43.0 Å². The Morgan fingerprint density at radius 1 is 1.24 bits per heavy atom. The van der Waals surface area contributed by atoms with E-state index in [0.717, 1.165) is 23.2 Å². The third-order valence-corrected chi connectivity index (χ3v) is 3.91. The highest BCUT2D eigenvalue weighted by Crippen LogP contribution is 2.10. The average Bonchev–Trinajstić information content (AvgIpc) is 2.37. The van der Waals surface area contributed by atoms with Gasteiger partial charge in [-0.2, -0.15) is 0 Å². The Hall–Kier alpha value is -0.800. The van der Waals surface area contributed by atoms with E-state index in [-0.39, 0.29) is 0 Å². The molecule has 1 rings (SSSR count). The fourth-order valence-corrected chi connectivity index (χ4v) is 2.68. The molecule has 0 atom stereocenters. The van der Waals surface area contributed by atoms with Crippen molar-refractivity contribution in [3.63, 3.8) is 0 Å². The lowest BCUT2D eigenvalue weighted by molar-refractivity contribution is 0.482. The summed E-state index contributed by atoms with van der Waals surface area (Å²) in [5.41, 5.74) is 1.24. The van der Waals surface area contributed by atoms with Crippen molar-refractivity contribution in [1.82, 2.24) is 4.90 Å². The van der Waals surface area contributed by atoms with E-state index in [1.165, 1.54) is 5.56 Å². The fraction of sp³-hybridized carbons (Fsp3) is 0.357. The van der Waals surface area contributed by atoms with Crippen molar-refractivity contribution in [1.29, 1.82) is 0 Å². The minimum Gasteiger partial charge on any atom is -0.358 e. The number of thiocarbonyl (C=S) groups is 1. The van der Waals surface area contributed by atoms with Crippen molar-refractivity contribution in [2.45, 2.75) is 13.8 Å². The molecule has 0 amide bonds. The average molecular weight is 265 g/mol. The van der Waals surface area contributed by atoms with Crippen molar-refractivity contribution < 1.29 is 0 Å². The maximum absolute atomic E-state index is 5.36. The van der Waals surface area contributed by atoms with Crippen molar-refractivity contribution in [2.75, 3.05) is 18.8 Å². The van der Waals surface area contributed by atoms with Crippen LogP contribution in [0.15, 0.2) is 36.4 Å². The summed E-state index contributed by atoms with van der Waals surface area (Å²) in [6, 6.07) is 10.3. The molecule has 92 valence electrons. The van der Waals surface area contributed by atoms with Gasteiger partial charge in [-0.3, -0.25) is 0 Å². The molecule has 17 heavy (non-hydrogen) atoms. The number of hydrogen-bond acceptors (Lipinski definition) is 2. The number of benzene rings is 1. The summed E-state index contributed by atoms with van der Waals surface area (Å²) < 4.78 is 0.993. The van der Waals surface area contributed by atoms with Gasteiger partial charge in [0.1, 0.15) is 4.32 Å². The third-order valence-electron chi connectivity index (χ3n) is 2.43. The van der Waals surface area contributed by atoms with Crippen LogP contribution in [-0.2, 0) is 0 Å². The Labute approximate surface area is 114 Å². The van der Waals surface area contributed by atoms with Crippen LogP contribution in [0.4, 0.5) is 0 Å². The highest BCUT2D eigenvalue weighted by atomic mass is 32.2. The Bertz CT molecular complexity index is 356. The zero-order valence-electron chi connectivity index (χ0n) is 10.4. The van der Waals surface area contributed by atoms with E-state index < -0.39 is 0 Å². The Kier molecular flexibility index (Phi) is 6.97. The molecule has 1 aromatic carbocycles.